The number of sulfonamides is 1. The summed E-state index contributed by atoms with van der Waals surface area (Å²) >= 11 is 0. The van der Waals surface area contributed by atoms with Crippen molar-refractivity contribution in [2.75, 3.05) is 26.7 Å². The molecule has 0 radical (unpaired) electrons. The Balaban J connectivity index is 2.39. The van der Waals surface area contributed by atoms with Crippen LogP contribution in [0.25, 0.3) is 0 Å². The standard InChI is InChI=1S/C14H18FN3O2S/c1-11-10-17(2)6-3-7-18(11)21(19,20)13-4-5-14(15)12(8-13)9-16/h4-5,8,11H,3,6-7,10H2,1-2H3. The molecule has 0 saturated carbocycles. The van der Waals surface area contributed by atoms with Crippen molar-refractivity contribution in [3.05, 3.63) is 29.6 Å². The largest absolute Gasteiger partial charge is 0.305 e. The summed E-state index contributed by atoms with van der Waals surface area (Å²) in [5.74, 6) is -0.708. The van der Waals surface area contributed by atoms with Crippen LogP contribution in [0.1, 0.15) is 18.9 Å². The molecule has 7 heteroatoms. The molecule has 114 valence electrons. The Labute approximate surface area is 124 Å². The van der Waals surface area contributed by atoms with Crippen molar-refractivity contribution in [3.63, 3.8) is 0 Å². The van der Waals surface area contributed by atoms with Gasteiger partial charge in [-0.3, -0.25) is 0 Å². The van der Waals surface area contributed by atoms with Gasteiger partial charge in [0.2, 0.25) is 10.0 Å². The number of nitriles is 1. The van der Waals surface area contributed by atoms with Crippen LogP contribution < -0.4 is 0 Å². The van der Waals surface area contributed by atoms with E-state index in [1.165, 1.54) is 10.4 Å². The summed E-state index contributed by atoms with van der Waals surface area (Å²) in [6.07, 6.45) is 0.742. The van der Waals surface area contributed by atoms with E-state index in [-0.39, 0.29) is 16.5 Å². The predicted octanol–water partition coefficient (Wildman–Crippen LogP) is 1.41. The van der Waals surface area contributed by atoms with Crippen LogP contribution >= 0.6 is 0 Å². The molecule has 1 aliphatic rings. The van der Waals surface area contributed by atoms with Crippen LogP contribution in [0.2, 0.25) is 0 Å². The Bertz CT molecular complexity index is 669. The van der Waals surface area contributed by atoms with E-state index in [9.17, 15) is 12.8 Å². The molecular weight excluding hydrogens is 293 g/mol. The van der Waals surface area contributed by atoms with Gasteiger partial charge in [0.1, 0.15) is 11.9 Å². The maximum atomic E-state index is 13.4. The average Bonchev–Trinajstić information content (AvgIpc) is 2.59. The van der Waals surface area contributed by atoms with Crippen molar-refractivity contribution >= 4 is 10.0 Å². The van der Waals surface area contributed by atoms with Gasteiger partial charge in [0.15, 0.2) is 0 Å². The highest BCUT2D eigenvalue weighted by Crippen LogP contribution is 2.22. The van der Waals surface area contributed by atoms with Gasteiger partial charge in [0, 0.05) is 19.1 Å². The lowest BCUT2D eigenvalue weighted by atomic mass is 10.2. The van der Waals surface area contributed by atoms with E-state index in [1.54, 1.807) is 6.07 Å². The highest BCUT2D eigenvalue weighted by Gasteiger charge is 2.31. The molecule has 1 unspecified atom stereocenters. The van der Waals surface area contributed by atoms with E-state index in [0.29, 0.717) is 13.1 Å². The molecule has 1 aromatic rings. The zero-order valence-electron chi connectivity index (χ0n) is 12.1. The molecule has 21 heavy (non-hydrogen) atoms. The van der Waals surface area contributed by atoms with E-state index >= 15 is 0 Å². The molecule has 2 rings (SSSR count). The number of nitrogens with zero attached hydrogens (tertiary/aromatic N) is 3. The van der Waals surface area contributed by atoms with Crippen molar-refractivity contribution in [1.82, 2.24) is 9.21 Å². The van der Waals surface area contributed by atoms with Crippen LogP contribution in [0.4, 0.5) is 4.39 Å². The monoisotopic (exact) mass is 311 g/mol. The number of hydrogen-bond acceptors (Lipinski definition) is 4. The summed E-state index contributed by atoms with van der Waals surface area (Å²) in [6, 6.07) is 4.85. The summed E-state index contributed by atoms with van der Waals surface area (Å²) in [6.45, 7) is 3.76. The summed E-state index contributed by atoms with van der Waals surface area (Å²) in [7, 11) is -1.76. The highest BCUT2D eigenvalue weighted by molar-refractivity contribution is 7.89. The van der Waals surface area contributed by atoms with E-state index < -0.39 is 15.8 Å². The van der Waals surface area contributed by atoms with Gasteiger partial charge in [-0.1, -0.05) is 0 Å². The maximum Gasteiger partial charge on any atom is 0.243 e. The van der Waals surface area contributed by atoms with Crippen molar-refractivity contribution in [3.8, 4) is 6.07 Å². The van der Waals surface area contributed by atoms with Gasteiger partial charge in [-0.2, -0.15) is 9.57 Å². The molecule has 0 N–H and O–H groups in total. The molecule has 0 amide bonds. The predicted molar refractivity (Wildman–Crippen MR) is 76.6 cm³/mol. The normalized spacial score (nSPS) is 21.7. The Hall–Kier alpha value is -1.49. The third kappa shape index (κ3) is 3.23. The lowest BCUT2D eigenvalue weighted by molar-refractivity contribution is 0.290. The SMILES string of the molecule is CC1CN(C)CCCN1S(=O)(=O)c1ccc(F)c(C#N)c1. The molecule has 0 aliphatic carbocycles. The van der Waals surface area contributed by atoms with Crippen LogP contribution in [0, 0.1) is 17.1 Å². The lowest BCUT2D eigenvalue weighted by Gasteiger charge is -2.27. The molecule has 1 aliphatic heterocycles. The van der Waals surface area contributed by atoms with Gasteiger partial charge in [0.25, 0.3) is 0 Å². The Morgan fingerprint density at radius 2 is 2.10 bits per heavy atom. The first-order valence-corrected chi connectivity index (χ1v) is 8.20. The number of likely N-dealkylation sites (N-methyl/N-ethyl adjacent to an activating group) is 1. The molecule has 5 nitrogen and oxygen atoms in total. The van der Waals surface area contributed by atoms with Crippen molar-refractivity contribution in [2.24, 2.45) is 0 Å². The minimum Gasteiger partial charge on any atom is -0.305 e. The van der Waals surface area contributed by atoms with Gasteiger partial charge in [-0.05, 0) is 45.1 Å². The van der Waals surface area contributed by atoms with E-state index in [0.717, 1.165) is 25.1 Å². The number of benzene rings is 1. The van der Waals surface area contributed by atoms with E-state index in [2.05, 4.69) is 4.90 Å². The summed E-state index contributed by atoms with van der Waals surface area (Å²) in [4.78, 5) is 2.06. The summed E-state index contributed by atoms with van der Waals surface area (Å²) < 4.78 is 40.2. The number of halogens is 1. The second kappa shape index (κ2) is 6.10. The third-order valence-corrected chi connectivity index (χ3v) is 5.66. The van der Waals surface area contributed by atoms with Crippen molar-refractivity contribution in [1.29, 1.82) is 5.26 Å². The zero-order chi connectivity index (χ0) is 15.6. The quantitative estimate of drug-likeness (QED) is 0.828. The molecule has 0 bridgehead atoms. The van der Waals surface area contributed by atoms with Crippen LogP contribution in [0.3, 0.4) is 0 Å². The van der Waals surface area contributed by atoms with Crippen LogP contribution in [0.5, 0.6) is 0 Å². The summed E-state index contributed by atoms with van der Waals surface area (Å²) in [5.41, 5.74) is -0.254. The molecule has 1 heterocycles. The fraction of sp³-hybridized carbons (Fsp3) is 0.500. The fourth-order valence-corrected chi connectivity index (χ4v) is 4.28. The zero-order valence-corrected chi connectivity index (χ0v) is 12.9. The molecule has 1 saturated heterocycles. The Morgan fingerprint density at radius 1 is 1.38 bits per heavy atom. The molecule has 1 fully saturated rings. The number of rotatable bonds is 2. The number of hydrogen-bond donors (Lipinski definition) is 0. The fourth-order valence-electron chi connectivity index (χ4n) is 2.59. The minimum absolute atomic E-state index is 0.0307. The molecular formula is C14H18FN3O2S. The van der Waals surface area contributed by atoms with E-state index in [4.69, 9.17) is 5.26 Å². The molecule has 1 aromatic carbocycles. The smallest absolute Gasteiger partial charge is 0.243 e. The van der Waals surface area contributed by atoms with Crippen molar-refractivity contribution < 1.29 is 12.8 Å². The van der Waals surface area contributed by atoms with Gasteiger partial charge in [-0.25, -0.2) is 12.8 Å². The molecule has 1 atom stereocenters. The Kier molecular flexibility index (Phi) is 4.61. The molecule has 0 aromatic heterocycles. The van der Waals surface area contributed by atoms with Crippen LogP contribution in [0.15, 0.2) is 23.1 Å². The minimum atomic E-state index is -3.72. The highest BCUT2D eigenvalue weighted by atomic mass is 32.2. The molecule has 0 spiro atoms. The van der Waals surface area contributed by atoms with Gasteiger partial charge >= 0.3 is 0 Å². The van der Waals surface area contributed by atoms with Gasteiger partial charge in [0.05, 0.1) is 10.5 Å². The van der Waals surface area contributed by atoms with Crippen molar-refractivity contribution in [2.45, 2.75) is 24.3 Å². The first kappa shape index (κ1) is 15.9. The Morgan fingerprint density at radius 3 is 2.76 bits per heavy atom. The summed E-state index contributed by atoms with van der Waals surface area (Å²) in [5, 5.41) is 8.85. The van der Waals surface area contributed by atoms with Gasteiger partial charge in [-0.15, -0.1) is 0 Å². The maximum absolute atomic E-state index is 13.4. The lowest BCUT2D eigenvalue weighted by Crippen LogP contribution is -2.41. The van der Waals surface area contributed by atoms with Crippen LogP contribution in [-0.2, 0) is 10.0 Å². The van der Waals surface area contributed by atoms with E-state index in [1.807, 2.05) is 14.0 Å². The first-order valence-electron chi connectivity index (χ1n) is 6.76. The average molecular weight is 311 g/mol. The topological polar surface area (TPSA) is 64.4 Å². The first-order chi connectivity index (χ1) is 9.86. The van der Waals surface area contributed by atoms with Gasteiger partial charge < -0.3 is 4.90 Å². The van der Waals surface area contributed by atoms with Crippen LogP contribution in [-0.4, -0.2) is 50.3 Å². The second-order valence-corrected chi connectivity index (χ2v) is 7.22. The third-order valence-electron chi connectivity index (χ3n) is 3.65. The second-order valence-electron chi connectivity index (χ2n) is 5.33.